The van der Waals surface area contributed by atoms with E-state index in [0.717, 1.165) is 15.8 Å². The van der Waals surface area contributed by atoms with Crippen LogP contribution in [-0.4, -0.2) is 25.1 Å². The minimum Gasteiger partial charge on any atom is -0.481 e. The third-order valence-corrected chi connectivity index (χ3v) is 3.17. The summed E-state index contributed by atoms with van der Waals surface area (Å²) in [6.45, 7) is 5.09. The molecule has 2 N–H and O–H groups in total. The molecule has 1 aromatic carbocycles. The fourth-order valence-corrected chi connectivity index (χ4v) is 2.04. The number of carbonyl (C=O) groups is 1. The standard InChI is InChI=1S/C15H19BrN2O2/c1-4-8-20-14-7-6-13(16)9-12(14)10-18-11(3)15(19)17-5-2/h1,6-7,9,11,18H,5,8,10H2,2-3H3,(H,17,19). The summed E-state index contributed by atoms with van der Waals surface area (Å²) in [5.41, 5.74) is 0.950. The lowest BCUT2D eigenvalue weighted by atomic mass is 10.2. The van der Waals surface area contributed by atoms with Gasteiger partial charge in [0.25, 0.3) is 0 Å². The molecule has 0 spiro atoms. The molecule has 4 nitrogen and oxygen atoms in total. The first-order valence-electron chi connectivity index (χ1n) is 6.44. The predicted octanol–water partition coefficient (Wildman–Crippen LogP) is 2.08. The van der Waals surface area contributed by atoms with Gasteiger partial charge in [-0.3, -0.25) is 4.79 Å². The lowest BCUT2D eigenvalue weighted by molar-refractivity contribution is -0.122. The maximum absolute atomic E-state index is 11.6. The van der Waals surface area contributed by atoms with Gasteiger partial charge >= 0.3 is 0 Å². The lowest BCUT2D eigenvalue weighted by Crippen LogP contribution is -2.41. The average Bonchev–Trinajstić information content (AvgIpc) is 2.44. The van der Waals surface area contributed by atoms with Gasteiger partial charge in [0.2, 0.25) is 5.91 Å². The summed E-state index contributed by atoms with van der Waals surface area (Å²) in [6.07, 6.45) is 5.20. The van der Waals surface area contributed by atoms with E-state index in [1.807, 2.05) is 32.0 Å². The van der Waals surface area contributed by atoms with Crippen molar-refractivity contribution in [3.63, 3.8) is 0 Å². The summed E-state index contributed by atoms with van der Waals surface area (Å²) in [4.78, 5) is 11.6. The summed E-state index contributed by atoms with van der Waals surface area (Å²) in [5.74, 6) is 3.14. The van der Waals surface area contributed by atoms with Crippen molar-refractivity contribution in [2.45, 2.75) is 26.4 Å². The molecule has 1 rings (SSSR count). The van der Waals surface area contributed by atoms with Crippen molar-refractivity contribution in [1.82, 2.24) is 10.6 Å². The van der Waals surface area contributed by atoms with Crippen molar-refractivity contribution in [3.05, 3.63) is 28.2 Å². The van der Waals surface area contributed by atoms with Crippen LogP contribution in [0.2, 0.25) is 0 Å². The van der Waals surface area contributed by atoms with E-state index in [4.69, 9.17) is 11.2 Å². The monoisotopic (exact) mass is 338 g/mol. The van der Waals surface area contributed by atoms with Gasteiger partial charge in [-0.2, -0.15) is 0 Å². The molecule has 0 saturated carbocycles. The molecule has 108 valence electrons. The second-order valence-electron chi connectivity index (χ2n) is 4.24. The average molecular weight is 339 g/mol. The molecule has 20 heavy (non-hydrogen) atoms. The lowest BCUT2D eigenvalue weighted by Gasteiger charge is -2.15. The van der Waals surface area contributed by atoms with Crippen molar-refractivity contribution >= 4 is 21.8 Å². The van der Waals surface area contributed by atoms with Gasteiger partial charge in [0.05, 0.1) is 6.04 Å². The molecular weight excluding hydrogens is 320 g/mol. The first-order chi connectivity index (χ1) is 9.58. The largest absolute Gasteiger partial charge is 0.481 e. The molecule has 0 fully saturated rings. The van der Waals surface area contributed by atoms with Gasteiger partial charge in [0, 0.05) is 23.1 Å². The third kappa shape index (κ3) is 5.24. The number of hydrogen-bond donors (Lipinski definition) is 2. The smallest absolute Gasteiger partial charge is 0.236 e. The highest BCUT2D eigenvalue weighted by Gasteiger charge is 2.12. The number of amides is 1. The molecule has 1 amide bonds. The van der Waals surface area contributed by atoms with E-state index in [1.165, 1.54) is 0 Å². The van der Waals surface area contributed by atoms with E-state index in [9.17, 15) is 4.79 Å². The number of likely N-dealkylation sites (N-methyl/N-ethyl adjacent to an activating group) is 1. The van der Waals surface area contributed by atoms with Crippen LogP contribution in [0.25, 0.3) is 0 Å². The number of hydrogen-bond acceptors (Lipinski definition) is 3. The van der Waals surface area contributed by atoms with Gasteiger partial charge in [0.1, 0.15) is 12.4 Å². The Balaban J connectivity index is 2.68. The Morgan fingerprint density at radius 3 is 2.95 bits per heavy atom. The van der Waals surface area contributed by atoms with Crippen molar-refractivity contribution in [3.8, 4) is 18.1 Å². The van der Waals surface area contributed by atoms with Crippen LogP contribution in [0.3, 0.4) is 0 Å². The molecule has 0 heterocycles. The maximum atomic E-state index is 11.6. The highest BCUT2D eigenvalue weighted by Crippen LogP contribution is 2.23. The van der Waals surface area contributed by atoms with Crippen LogP contribution in [0.1, 0.15) is 19.4 Å². The third-order valence-electron chi connectivity index (χ3n) is 2.68. The van der Waals surface area contributed by atoms with E-state index in [0.29, 0.717) is 13.1 Å². The molecular formula is C15H19BrN2O2. The molecule has 0 aromatic heterocycles. The van der Waals surface area contributed by atoms with Crippen LogP contribution in [0.15, 0.2) is 22.7 Å². The maximum Gasteiger partial charge on any atom is 0.236 e. The molecule has 0 aliphatic rings. The van der Waals surface area contributed by atoms with Gasteiger partial charge in [-0.25, -0.2) is 0 Å². The Morgan fingerprint density at radius 2 is 2.30 bits per heavy atom. The zero-order valence-electron chi connectivity index (χ0n) is 11.7. The normalized spacial score (nSPS) is 11.5. The number of halogens is 1. The van der Waals surface area contributed by atoms with Gasteiger partial charge in [-0.1, -0.05) is 21.9 Å². The fourth-order valence-electron chi connectivity index (χ4n) is 1.63. The van der Waals surface area contributed by atoms with Crippen molar-refractivity contribution in [1.29, 1.82) is 0 Å². The summed E-state index contributed by atoms with van der Waals surface area (Å²) >= 11 is 3.42. The van der Waals surface area contributed by atoms with Gasteiger partial charge < -0.3 is 15.4 Å². The first-order valence-corrected chi connectivity index (χ1v) is 7.23. The molecule has 5 heteroatoms. The Morgan fingerprint density at radius 1 is 1.55 bits per heavy atom. The molecule has 1 unspecified atom stereocenters. The summed E-state index contributed by atoms with van der Waals surface area (Å²) in [6, 6.07) is 5.43. The molecule has 0 bridgehead atoms. The summed E-state index contributed by atoms with van der Waals surface area (Å²) in [7, 11) is 0. The summed E-state index contributed by atoms with van der Waals surface area (Å²) in [5, 5.41) is 5.94. The predicted molar refractivity (Wildman–Crippen MR) is 83.5 cm³/mol. The Hall–Kier alpha value is -1.51. The number of rotatable bonds is 7. The Bertz CT molecular complexity index is 497. The van der Waals surface area contributed by atoms with Crippen LogP contribution in [0.4, 0.5) is 0 Å². The highest BCUT2D eigenvalue weighted by molar-refractivity contribution is 9.10. The second kappa shape index (κ2) is 8.62. The quantitative estimate of drug-likeness (QED) is 0.748. The van der Waals surface area contributed by atoms with Gasteiger partial charge in [0.15, 0.2) is 0 Å². The zero-order valence-corrected chi connectivity index (χ0v) is 13.3. The van der Waals surface area contributed by atoms with E-state index in [-0.39, 0.29) is 18.6 Å². The van der Waals surface area contributed by atoms with Crippen LogP contribution in [0, 0.1) is 12.3 Å². The van der Waals surface area contributed by atoms with E-state index in [2.05, 4.69) is 32.5 Å². The number of ether oxygens (including phenoxy) is 1. The van der Waals surface area contributed by atoms with Crippen molar-refractivity contribution in [2.75, 3.05) is 13.2 Å². The molecule has 1 atom stereocenters. The Labute approximate surface area is 128 Å². The fraction of sp³-hybridized carbons (Fsp3) is 0.400. The van der Waals surface area contributed by atoms with Gasteiger partial charge in [-0.05, 0) is 32.0 Å². The van der Waals surface area contributed by atoms with Gasteiger partial charge in [-0.15, -0.1) is 6.42 Å². The molecule has 0 aliphatic carbocycles. The van der Waals surface area contributed by atoms with Crippen molar-refractivity contribution in [2.24, 2.45) is 0 Å². The SMILES string of the molecule is C#CCOc1ccc(Br)cc1CNC(C)C(=O)NCC. The van der Waals surface area contributed by atoms with E-state index < -0.39 is 0 Å². The second-order valence-corrected chi connectivity index (χ2v) is 5.16. The van der Waals surface area contributed by atoms with Crippen LogP contribution < -0.4 is 15.4 Å². The first kappa shape index (κ1) is 16.5. The summed E-state index contributed by atoms with van der Waals surface area (Å²) < 4.78 is 6.44. The number of terminal acetylenes is 1. The molecule has 0 aliphatic heterocycles. The van der Waals surface area contributed by atoms with Crippen LogP contribution in [-0.2, 0) is 11.3 Å². The number of benzene rings is 1. The highest BCUT2D eigenvalue weighted by atomic mass is 79.9. The van der Waals surface area contributed by atoms with Crippen LogP contribution >= 0.6 is 15.9 Å². The molecule has 0 saturated heterocycles. The minimum absolute atomic E-state index is 0.0198. The van der Waals surface area contributed by atoms with Crippen molar-refractivity contribution < 1.29 is 9.53 Å². The number of nitrogens with one attached hydrogen (secondary N) is 2. The zero-order chi connectivity index (χ0) is 15.0. The van der Waals surface area contributed by atoms with Crippen LogP contribution in [0.5, 0.6) is 5.75 Å². The Kier molecular flexibility index (Phi) is 7.13. The molecule has 1 aromatic rings. The van der Waals surface area contributed by atoms with E-state index in [1.54, 1.807) is 0 Å². The minimum atomic E-state index is -0.269. The number of carbonyl (C=O) groups excluding carboxylic acids is 1. The van der Waals surface area contributed by atoms with E-state index >= 15 is 0 Å². The topological polar surface area (TPSA) is 50.4 Å². The molecule has 0 radical (unpaired) electrons.